The smallest absolute Gasteiger partial charge is 0.118 e. The van der Waals surface area contributed by atoms with Gasteiger partial charge in [-0.25, -0.2) is 0 Å². The van der Waals surface area contributed by atoms with Gasteiger partial charge < -0.3 is 15.0 Å². The molecule has 1 aliphatic carbocycles. The lowest BCUT2D eigenvalue weighted by Gasteiger charge is -2.37. The van der Waals surface area contributed by atoms with Gasteiger partial charge in [-0.2, -0.15) is 0 Å². The fourth-order valence-electron chi connectivity index (χ4n) is 5.83. The summed E-state index contributed by atoms with van der Waals surface area (Å²) in [6.07, 6.45) is 2.85. The van der Waals surface area contributed by atoms with Gasteiger partial charge in [-0.1, -0.05) is 74.5 Å². The Balaban J connectivity index is 0.00000280. The van der Waals surface area contributed by atoms with E-state index in [1.807, 2.05) is 12.1 Å². The molecular formula is C32H34ClN3O. The standard InChI is InChI=1S/C32H33N3O.ClH/c1-32(2)18-27(33-20-22-9-5-4-6-10-22)30-28(19-32)34-26(17-21-13-15-23(36-3)16-14-21)31-29(30)24-11-7-8-12-25(24)35-31;/h4-16,27,33,35H,17-20H2,1-3H3;1H. The highest BCUT2D eigenvalue weighted by molar-refractivity contribution is 6.10. The Kier molecular flexibility index (Phi) is 6.98. The molecule has 0 aliphatic heterocycles. The van der Waals surface area contributed by atoms with E-state index in [1.165, 1.54) is 38.7 Å². The predicted molar refractivity (Wildman–Crippen MR) is 155 cm³/mol. The van der Waals surface area contributed by atoms with E-state index in [1.54, 1.807) is 7.11 Å². The SMILES string of the molecule is COc1ccc(Cc2nc3c(c4c2[nH]c2ccccc24)C(NCc2ccccc2)CC(C)(C)C3)cc1.Cl. The molecule has 0 bridgehead atoms. The number of nitrogens with one attached hydrogen (secondary N) is 2. The predicted octanol–water partition coefficient (Wildman–Crippen LogP) is 7.54. The van der Waals surface area contributed by atoms with E-state index in [-0.39, 0.29) is 23.9 Å². The number of halogens is 1. The van der Waals surface area contributed by atoms with Crippen LogP contribution in [0.2, 0.25) is 0 Å². The van der Waals surface area contributed by atoms with E-state index in [2.05, 4.69) is 90.9 Å². The van der Waals surface area contributed by atoms with Gasteiger partial charge in [0.15, 0.2) is 0 Å². The number of aromatic nitrogens is 2. The van der Waals surface area contributed by atoms with Gasteiger partial charge in [0, 0.05) is 46.6 Å². The van der Waals surface area contributed by atoms with Crippen molar-refractivity contribution in [3.05, 3.63) is 107 Å². The van der Waals surface area contributed by atoms with E-state index >= 15 is 0 Å². The van der Waals surface area contributed by atoms with E-state index < -0.39 is 0 Å². The second-order valence-corrected chi connectivity index (χ2v) is 10.8. The fourth-order valence-corrected chi connectivity index (χ4v) is 5.83. The first-order valence-corrected chi connectivity index (χ1v) is 12.8. The molecule has 0 fully saturated rings. The Morgan fingerprint density at radius 1 is 0.946 bits per heavy atom. The first-order valence-electron chi connectivity index (χ1n) is 12.8. The molecule has 4 nitrogen and oxygen atoms in total. The molecule has 0 spiro atoms. The van der Waals surface area contributed by atoms with Gasteiger partial charge in [-0.05, 0) is 47.6 Å². The zero-order valence-corrected chi connectivity index (χ0v) is 22.5. The Labute approximate surface area is 224 Å². The number of H-pyrrole nitrogens is 1. The summed E-state index contributed by atoms with van der Waals surface area (Å²) in [6.45, 7) is 5.59. The molecule has 0 saturated carbocycles. The van der Waals surface area contributed by atoms with Crippen molar-refractivity contribution in [2.75, 3.05) is 7.11 Å². The third-order valence-corrected chi connectivity index (χ3v) is 7.52. The molecule has 37 heavy (non-hydrogen) atoms. The highest BCUT2D eigenvalue weighted by Crippen LogP contribution is 2.45. The molecule has 2 aromatic heterocycles. The number of ether oxygens (including phenoxy) is 1. The van der Waals surface area contributed by atoms with Crippen LogP contribution in [0.25, 0.3) is 21.8 Å². The number of para-hydroxylation sites is 1. The largest absolute Gasteiger partial charge is 0.497 e. The summed E-state index contributed by atoms with van der Waals surface area (Å²) in [7, 11) is 1.71. The molecule has 0 radical (unpaired) electrons. The Morgan fingerprint density at radius 2 is 1.68 bits per heavy atom. The summed E-state index contributed by atoms with van der Waals surface area (Å²) < 4.78 is 5.36. The summed E-state index contributed by atoms with van der Waals surface area (Å²) in [4.78, 5) is 9.11. The minimum atomic E-state index is 0. The monoisotopic (exact) mass is 511 g/mol. The van der Waals surface area contributed by atoms with Gasteiger partial charge in [-0.3, -0.25) is 4.98 Å². The number of aromatic amines is 1. The van der Waals surface area contributed by atoms with Crippen LogP contribution in [0.1, 0.15) is 54.4 Å². The fraction of sp³-hybridized carbons (Fsp3) is 0.281. The molecule has 2 heterocycles. The van der Waals surface area contributed by atoms with Crippen molar-refractivity contribution in [3.8, 4) is 5.75 Å². The Morgan fingerprint density at radius 3 is 2.43 bits per heavy atom. The summed E-state index contributed by atoms with van der Waals surface area (Å²) in [5, 5.41) is 6.53. The third-order valence-electron chi connectivity index (χ3n) is 7.52. The molecule has 6 rings (SSSR count). The second-order valence-electron chi connectivity index (χ2n) is 10.8. The summed E-state index contributed by atoms with van der Waals surface area (Å²) in [6, 6.07) is 28.0. The van der Waals surface area contributed by atoms with Crippen molar-refractivity contribution in [2.45, 2.75) is 45.7 Å². The molecule has 5 heteroatoms. The molecule has 2 N–H and O–H groups in total. The molecule has 1 unspecified atom stereocenters. The first-order chi connectivity index (χ1) is 17.5. The third kappa shape index (κ3) is 4.96. The maximum absolute atomic E-state index is 5.37. The van der Waals surface area contributed by atoms with Crippen LogP contribution in [-0.2, 0) is 19.4 Å². The van der Waals surface area contributed by atoms with Gasteiger partial charge in [0.25, 0.3) is 0 Å². The Hall–Kier alpha value is -3.34. The number of pyridine rings is 1. The molecule has 1 atom stereocenters. The minimum Gasteiger partial charge on any atom is -0.497 e. The van der Waals surface area contributed by atoms with Crippen molar-refractivity contribution < 1.29 is 4.74 Å². The number of hydrogen-bond donors (Lipinski definition) is 2. The minimum absolute atomic E-state index is 0. The van der Waals surface area contributed by atoms with E-state index in [9.17, 15) is 0 Å². The van der Waals surface area contributed by atoms with Gasteiger partial charge in [0.1, 0.15) is 5.75 Å². The molecule has 5 aromatic rings. The normalized spacial score (nSPS) is 16.4. The zero-order chi connectivity index (χ0) is 24.7. The number of hydrogen-bond acceptors (Lipinski definition) is 3. The van der Waals surface area contributed by atoms with E-state index in [0.29, 0.717) is 0 Å². The van der Waals surface area contributed by atoms with E-state index in [0.717, 1.165) is 42.8 Å². The van der Waals surface area contributed by atoms with Crippen molar-refractivity contribution in [1.29, 1.82) is 0 Å². The highest BCUT2D eigenvalue weighted by atomic mass is 35.5. The van der Waals surface area contributed by atoms with Gasteiger partial charge >= 0.3 is 0 Å². The van der Waals surface area contributed by atoms with Crippen LogP contribution in [0.3, 0.4) is 0 Å². The number of nitrogens with zero attached hydrogens (tertiary/aromatic N) is 1. The molecule has 1 aliphatic rings. The first kappa shape index (κ1) is 25.3. The molecular weight excluding hydrogens is 478 g/mol. The highest BCUT2D eigenvalue weighted by Gasteiger charge is 2.35. The average Bonchev–Trinajstić information content (AvgIpc) is 3.27. The maximum atomic E-state index is 5.37. The quantitative estimate of drug-likeness (QED) is 0.247. The number of benzene rings is 3. The summed E-state index contributed by atoms with van der Waals surface area (Å²) >= 11 is 0. The average molecular weight is 512 g/mol. The van der Waals surface area contributed by atoms with Crippen molar-refractivity contribution in [3.63, 3.8) is 0 Å². The van der Waals surface area contributed by atoms with Crippen molar-refractivity contribution in [1.82, 2.24) is 15.3 Å². The Bertz CT molecular complexity index is 1520. The van der Waals surface area contributed by atoms with Crippen LogP contribution < -0.4 is 10.1 Å². The molecule has 0 amide bonds. The van der Waals surface area contributed by atoms with Gasteiger partial charge in [0.2, 0.25) is 0 Å². The van der Waals surface area contributed by atoms with Crippen LogP contribution in [0.15, 0.2) is 78.9 Å². The molecule has 3 aromatic carbocycles. The number of fused-ring (bicyclic) bond motifs is 5. The van der Waals surface area contributed by atoms with E-state index in [4.69, 9.17) is 9.72 Å². The van der Waals surface area contributed by atoms with Gasteiger partial charge in [-0.15, -0.1) is 12.4 Å². The van der Waals surface area contributed by atoms with Crippen molar-refractivity contribution >= 4 is 34.2 Å². The molecule has 0 saturated heterocycles. The number of rotatable bonds is 6. The lowest BCUT2D eigenvalue weighted by atomic mass is 9.72. The number of methoxy groups -OCH3 is 1. The van der Waals surface area contributed by atoms with Crippen LogP contribution in [0.4, 0.5) is 0 Å². The van der Waals surface area contributed by atoms with Crippen LogP contribution in [0.5, 0.6) is 5.75 Å². The van der Waals surface area contributed by atoms with Gasteiger partial charge in [0.05, 0.1) is 18.3 Å². The topological polar surface area (TPSA) is 49.9 Å². The molecule has 190 valence electrons. The van der Waals surface area contributed by atoms with Crippen LogP contribution in [0, 0.1) is 5.41 Å². The lowest BCUT2D eigenvalue weighted by Crippen LogP contribution is -2.34. The second kappa shape index (κ2) is 10.2. The summed E-state index contributed by atoms with van der Waals surface area (Å²) in [5.74, 6) is 0.877. The maximum Gasteiger partial charge on any atom is 0.118 e. The zero-order valence-electron chi connectivity index (χ0n) is 21.7. The van der Waals surface area contributed by atoms with Crippen LogP contribution in [-0.4, -0.2) is 17.1 Å². The van der Waals surface area contributed by atoms with Crippen LogP contribution >= 0.6 is 12.4 Å². The lowest BCUT2D eigenvalue weighted by molar-refractivity contribution is 0.254. The summed E-state index contributed by atoms with van der Waals surface area (Å²) in [5.41, 5.74) is 8.77. The van der Waals surface area contributed by atoms with Crippen molar-refractivity contribution in [2.24, 2.45) is 5.41 Å².